The van der Waals surface area contributed by atoms with Gasteiger partial charge in [0.25, 0.3) is 0 Å². The predicted molar refractivity (Wildman–Crippen MR) is 78.3 cm³/mol. The maximum atomic E-state index is 12.0. The second-order valence-electron chi connectivity index (χ2n) is 5.48. The second-order valence-corrected chi connectivity index (χ2v) is 5.48. The Morgan fingerprint density at radius 2 is 2.20 bits per heavy atom. The minimum atomic E-state index is 0.152. The monoisotopic (exact) mass is 279 g/mol. The van der Waals surface area contributed by atoms with Gasteiger partial charge in [0.1, 0.15) is 0 Å². The minimum absolute atomic E-state index is 0.152. The summed E-state index contributed by atoms with van der Waals surface area (Å²) in [6.45, 7) is 6.37. The van der Waals surface area contributed by atoms with Gasteiger partial charge < -0.3 is 9.64 Å². The predicted octanol–water partition coefficient (Wildman–Crippen LogP) is -0.0775. The van der Waals surface area contributed by atoms with E-state index in [4.69, 9.17) is 11.2 Å². The van der Waals surface area contributed by atoms with Crippen LogP contribution >= 0.6 is 0 Å². The molecule has 5 heteroatoms. The molecule has 0 aliphatic carbocycles. The lowest BCUT2D eigenvalue weighted by molar-refractivity contribution is -0.130. The lowest BCUT2D eigenvalue weighted by atomic mass is 10.2. The fourth-order valence-corrected chi connectivity index (χ4v) is 2.83. The molecule has 0 bridgehead atoms. The molecule has 2 saturated heterocycles. The Bertz CT molecular complexity index is 348. The summed E-state index contributed by atoms with van der Waals surface area (Å²) < 4.78 is 5.69. The van der Waals surface area contributed by atoms with Crippen molar-refractivity contribution in [3.8, 4) is 12.3 Å². The molecule has 0 aromatic carbocycles. The summed E-state index contributed by atoms with van der Waals surface area (Å²) >= 11 is 0. The number of hydrogen-bond donors (Lipinski definition) is 1. The third kappa shape index (κ3) is 4.78. The second kappa shape index (κ2) is 8.25. The summed E-state index contributed by atoms with van der Waals surface area (Å²) in [6, 6.07) is 0. The van der Waals surface area contributed by atoms with Gasteiger partial charge in [-0.25, -0.2) is 0 Å². The van der Waals surface area contributed by atoms with Crippen molar-refractivity contribution in [1.29, 1.82) is 0 Å². The van der Waals surface area contributed by atoms with E-state index in [1.54, 1.807) is 0 Å². The van der Waals surface area contributed by atoms with Gasteiger partial charge in [-0.05, 0) is 25.8 Å². The summed E-state index contributed by atoms with van der Waals surface area (Å²) in [5.74, 6) is 2.63. The zero-order valence-electron chi connectivity index (χ0n) is 12.1. The number of carbonyl (C=O) groups is 1. The number of nitrogens with one attached hydrogen (secondary N) is 1. The van der Waals surface area contributed by atoms with Crippen LogP contribution in [-0.2, 0) is 9.53 Å². The van der Waals surface area contributed by atoms with Crippen molar-refractivity contribution in [1.82, 2.24) is 15.1 Å². The molecule has 0 aromatic rings. The number of amides is 1. The van der Waals surface area contributed by atoms with Crippen LogP contribution in [-0.4, -0.2) is 74.2 Å². The van der Waals surface area contributed by atoms with E-state index in [0.29, 0.717) is 19.2 Å². The number of hydrogen-bond acceptors (Lipinski definition) is 4. The first-order valence-corrected chi connectivity index (χ1v) is 7.55. The van der Waals surface area contributed by atoms with Gasteiger partial charge in [0.05, 0.1) is 19.2 Å². The van der Waals surface area contributed by atoms with Gasteiger partial charge in [0.2, 0.25) is 5.91 Å². The van der Waals surface area contributed by atoms with Crippen LogP contribution in [0.25, 0.3) is 0 Å². The van der Waals surface area contributed by atoms with Crippen LogP contribution in [0.1, 0.15) is 19.3 Å². The lowest BCUT2D eigenvalue weighted by Crippen LogP contribution is -2.41. The summed E-state index contributed by atoms with van der Waals surface area (Å²) in [4.78, 5) is 16.4. The standard InChI is InChI=1S/C15H25N3O2/c1-2-6-16-12-15(19)18-8-4-7-17(9-10-18)13-14-5-3-11-20-14/h1,14,16H,3-13H2. The van der Waals surface area contributed by atoms with Gasteiger partial charge in [-0.2, -0.15) is 0 Å². The lowest BCUT2D eigenvalue weighted by Gasteiger charge is -2.24. The van der Waals surface area contributed by atoms with Crippen molar-refractivity contribution in [2.45, 2.75) is 25.4 Å². The zero-order chi connectivity index (χ0) is 14.2. The highest BCUT2D eigenvalue weighted by Crippen LogP contribution is 2.14. The van der Waals surface area contributed by atoms with Gasteiger partial charge in [0.15, 0.2) is 0 Å². The van der Waals surface area contributed by atoms with Crippen molar-refractivity contribution >= 4 is 5.91 Å². The molecular formula is C15H25N3O2. The van der Waals surface area contributed by atoms with E-state index in [2.05, 4.69) is 16.1 Å². The van der Waals surface area contributed by atoms with Crippen LogP contribution in [0.4, 0.5) is 0 Å². The molecular weight excluding hydrogens is 254 g/mol. The maximum absolute atomic E-state index is 12.0. The Labute approximate surface area is 121 Å². The van der Waals surface area contributed by atoms with E-state index >= 15 is 0 Å². The van der Waals surface area contributed by atoms with E-state index in [9.17, 15) is 4.79 Å². The van der Waals surface area contributed by atoms with Crippen LogP contribution in [0.5, 0.6) is 0 Å². The zero-order valence-corrected chi connectivity index (χ0v) is 12.1. The van der Waals surface area contributed by atoms with Crippen LogP contribution in [0.3, 0.4) is 0 Å². The Morgan fingerprint density at radius 1 is 1.30 bits per heavy atom. The largest absolute Gasteiger partial charge is 0.377 e. The van der Waals surface area contributed by atoms with Crippen LogP contribution in [0, 0.1) is 12.3 Å². The molecule has 1 atom stereocenters. The fraction of sp³-hybridized carbons (Fsp3) is 0.800. The summed E-state index contributed by atoms with van der Waals surface area (Å²) in [7, 11) is 0. The molecule has 1 unspecified atom stereocenters. The molecule has 0 aromatic heterocycles. The highest BCUT2D eigenvalue weighted by atomic mass is 16.5. The molecule has 0 saturated carbocycles. The topological polar surface area (TPSA) is 44.8 Å². The smallest absolute Gasteiger partial charge is 0.236 e. The molecule has 2 aliphatic heterocycles. The third-order valence-electron chi connectivity index (χ3n) is 3.93. The average molecular weight is 279 g/mol. The molecule has 1 amide bonds. The first-order valence-electron chi connectivity index (χ1n) is 7.55. The molecule has 20 heavy (non-hydrogen) atoms. The van der Waals surface area contributed by atoms with Gasteiger partial charge in [-0.1, -0.05) is 5.92 Å². The first-order chi connectivity index (χ1) is 9.79. The van der Waals surface area contributed by atoms with Crippen molar-refractivity contribution in [3.63, 3.8) is 0 Å². The number of nitrogens with zero attached hydrogens (tertiary/aromatic N) is 2. The molecule has 1 N–H and O–H groups in total. The summed E-state index contributed by atoms with van der Waals surface area (Å²) in [5.41, 5.74) is 0. The van der Waals surface area contributed by atoms with E-state index in [-0.39, 0.29) is 5.91 Å². The van der Waals surface area contributed by atoms with E-state index < -0.39 is 0 Å². The Balaban J connectivity index is 1.71. The van der Waals surface area contributed by atoms with Crippen molar-refractivity contribution in [3.05, 3.63) is 0 Å². The Morgan fingerprint density at radius 3 is 2.95 bits per heavy atom. The molecule has 0 spiro atoms. The van der Waals surface area contributed by atoms with E-state index in [1.807, 2.05) is 4.90 Å². The molecule has 2 rings (SSSR count). The SMILES string of the molecule is C#CCNCC(=O)N1CCCN(CC2CCCO2)CC1. The molecule has 2 heterocycles. The molecule has 2 fully saturated rings. The number of ether oxygens (including phenoxy) is 1. The highest BCUT2D eigenvalue weighted by Gasteiger charge is 2.22. The highest BCUT2D eigenvalue weighted by molar-refractivity contribution is 5.78. The molecule has 112 valence electrons. The summed E-state index contributed by atoms with van der Waals surface area (Å²) in [5, 5.41) is 2.96. The van der Waals surface area contributed by atoms with Crippen LogP contribution < -0.4 is 5.32 Å². The van der Waals surface area contributed by atoms with E-state index in [0.717, 1.165) is 45.8 Å². The van der Waals surface area contributed by atoms with Gasteiger partial charge >= 0.3 is 0 Å². The van der Waals surface area contributed by atoms with Crippen molar-refractivity contribution in [2.75, 3.05) is 52.4 Å². The Hall–Kier alpha value is -1.09. The molecule has 0 radical (unpaired) electrons. The molecule has 2 aliphatic rings. The van der Waals surface area contributed by atoms with E-state index in [1.165, 1.54) is 12.8 Å². The number of carbonyl (C=O) groups excluding carboxylic acids is 1. The quantitative estimate of drug-likeness (QED) is 0.565. The van der Waals surface area contributed by atoms with Gasteiger partial charge in [0, 0.05) is 32.8 Å². The van der Waals surface area contributed by atoms with Crippen LogP contribution in [0.15, 0.2) is 0 Å². The average Bonchev–Trinajstić information content (AvgIpc) is 2.84. The fourth-order valence-electron chi connectivity index (χ4n) is 2.83. The molecule has 5 nitrogen and oxygen atoms in total. The van der Waals surface area contributed by atoms with Gasteiger partial charge in [-0.3, -0.25) is 15.0 Å². The maximum Gasteiger partial charge on any atom is 0.236 e. The van der Waals surface area contributed by atoms with Crippen molar-refractivity contribution < 1.29 is 9.53 Å². The minimum Gasteiger partial charge on any atom is -0.377 e. The normalized spacial score (nSPS) is 24.4. The van der Waals surface area contributed by atoms with Gasteiger partial charge in [-0.15, -0.1) is 6.42 Å². The number of terminal acetylenes is 1. The van der Waals surface area contributed by atoms with Crippen LogP contribution in [0.2, 0.25) is 0 Å². The van der Waals surface area contributed by atoms with Crippen molar-refractivity contribution in [2.24, 2.45) is 0 Å². The Kier molecular flexibility index (Phi) is 6.31. The summed E-state index contributed by atoms with van der Waals surface area (Å²) in [6.07, 6.45) is 8.95. The first kappa shape index (κ1) is 15.3. The number of rotatable bonds is 5. The third-order valence-corrected chi connectivity index (χ3v) is 3.93.